The molecule has 0 unspecified atom stereocenters. The topological polar surface area (TPSA) is 89.7 Å². The van der Waals surface area contributed by atoms with Gasteiger partial charge in [-0.1, -0.05) is 25.1 Å². The first-order valence-electron chi connectivity index (χ1n) is 6.21. The number of carbonyl (C=O) groups excluding carboxylic acids is 1. The maximum Gasteiger partial charge on any atom is 0.306 e. The summed E-state index contributed by atoms with van der Waals surface area (Å²) < 4.78 is 30.4. The van der Waals surface area contributed by atoms with Crippen molar-refractivity contribution in [3.8, 4) is 0 Å². The lowest BCUT2D eigenvalue weighted by Gasteiger charge is -2.27. The molecule has 19 heavy (non-hydrogen) atoms. The Labute approximate surface area is 119 Å². The number of sulfonamides is 1. The van der Waals surface area contributed by atoms with E-state index in [4.69, 9.17) is 18.0 Å². The predicted octanol–water partition coefficient (Wildman–Crippen LogP) is 0.410. The van der Waals surface area contributed by atoms with Gasteiger partial charge in [-0.15, -0.1) is 0 Å². The van der Waals surface area contributed by atoms with Gasteiger partial charge in [0.05, 0.1) is 30.8 Å². The largest absolute Gasteiger partial charge is 0.469 e. The van der Waals surface area contributed by atoms with Crippen molar-refractivity contribution in [2.75, 3.05) is 19.4 Å². The van der Waals surface area contributed by atoms with E-state index in [1.54, 1.807) is 0 Å². The molecular weight excluding hydrogens is 288 g/mol. The van der Waals surface area contributed by atoms with Crippen molar-refractivity contribution in [3.05, 3.63) is 0 Å². The SMILES string of the molecule is COC(=O)CCS(=O)(=O)N(CC(N)=S)C1CCCC1. The van der Waals surface area contributed by atoms with Gasteiger partial charge >= 0.3 is 5.97 Å². The number of ether oxygens (including phenoxy) is 1. The van der Waals surface area contributed by atoms with E-state index in [0.717, 1.165) is 25.7 Å². The van der Waals surface area contributed by atoms with Crippen LogP contribution in [0.4, 0.5) is 0 Å². The second-order valence-electron chi connectivity index (χ2n) is 4.59. The molecular formula is C11H20N2O4S2. The Bertz CT molecular complexity index is 430. The van der Waals surface area contributed by atoms with E-state index in [9.17, 15) is 13.2 Å². The van der Waals surface area contributed by atoms with Gasteiger partial charge in [-0.3, -0.25) is 4.79 Å². The van der Waals surface area contributed by atoms with Crippen LogP contribution in [0.3, 0.4) is 0 Å². The van der Waals surface area contributed by atoms with E-state index in [-0.39, 0.29) is 29.7 Å². The number of hydrogen-bond acceptors (Lipinski definition) is 5. The second kappa shape index (κ2) is 7.16. The number of carbonyl (C=O) groups is 1. The molecule has 0 aliphatic heterocycles. The van der Waals surface area contributed by atoms with Crippen molar-refractivity contribution in [3.63, 3.8) is 0 Å². The van der Waals surface area contributed by atoms with Crippen LogP contribution in [-0.2, 0) is 19.6 Å². The zero-order valence-corrected chi connectivity index (χ0v) is 12.6. The number of hydrogen-bond donors (Lipinski definition) is 1. The van der Waals surface area contributed by atoms with Crippen LogP contribution < -0.4 is 5.73 Å². The van der Waals surface area contributed by atoms with E-state index in [1.165, 1.54) is 11.4 Å². The van der Waals surface area contributed by atoms with Crippen LogP contribution in [0.25, 0.3) is 0 Å². The first-order chi connectivity index (χ1) is 8.86. The summed E-state index contributed by atoms with van der Waals surface area (Å²) in [6, 6.07) is -0.0517. The highest BCUT2D eigenvalue weighted by atomic mass is 32.2. The minimum atomic E-state index is -3.54. The highest BCUT2D eigenvalue weighted by molar-refractivity contribution is 7.89. The summed E-state index contributed by atoms with van der Waals surface area (Å²) in [6.07, 6.45) is 3.50. The summed E-state index contributed by atoms with van der Waals surface area (Å²) in [5.74, 6) is -0.802. The van der Waals surface area contributed by atoms with Crippen LogP contribution in [0.15, 0.2) is 0 Å². The van der Waals surface area contributed by atoms with Gasteiger partial charge in [-0.2, -0.15) is 4.31 Å². The minimum absolute atomic E-state index is 0.0451. The smallest absolute Gasteiger partial charge is 0.306 e. The van der Waals surface area contributed by atoms with Crippen LogP contribution in [0.1, 0.15) is 32.1 Å². The molecule has 0 aromatic heterocycles. The Hall–Kier alpha value is -0.730. The highest BCUT2D eigenvalue weighted by Crippen LogP contribution is 2.26. The molecule has 0 amide bonds. The van der Waals surface area contributed by atoms with Crippen LogP contribution in [0.5, 0.6) is 0 Å². The summed E-state index contributed by atoms with van der Waals surface area (Å²) in [5.41, 5.74) is 5.47. The number of rotatable bonds is 7. The fraction of sp³-hybridized carbons (Fsp3) is 0.818. The first kappa shape index (κ1) is 16.3. The first-order valence-corrected chi connectivity index (χ1v) is 8.23. The van der Waals surface area contributed by atoms with E-state index in [0.29, 0.717) is 0 Å². The zero-order valence-electron chi connectivity index (χ0n) is 11.0. The Morgan fingerprint density at radius 3 is 2.47 bits per heavy atom. The van der Waals surface area contributed by atoms with Gasteiger partial charge in [0.15, 0.2) is 0 Å². The number of nitrogens with two attached hydrogens (primary N) is 1. The number of nitrogens with zero attached hydrogens (tertiary/aromatic N) is 1. The zero-order chi connectivity index (χ0) is 14.5. The van der Waals surface area contributed by atoms with Crippen LogP contribution in [0.2, 0.25) is 0 Å². The lowest BCUT2D eigenvalue weighted by Crippen LogP contribution is -2.44. The standard InChI is InChI=1S/C11H20N2O4S2/c1-17-11(14)6-7-19(15,16)13(8-10(12)18)9-4-2-3-5-9/h9H,2-8H2,1H3,(H2,12,18). The lowest BCUT2D eigenvalue weighted by molar-refractivity contribution is -0.140. The van der Waals surface area contributed by atoms with Gasteiger partial charge in [0.25, 0.3) is 0 Å². The van der Waals surface area contributed by atoms with E-state index >= 15 is 0 Å². The van der Waals surface area contributed by atoms with Crippen LogP contribution >= 0.6 is 12.2 Å². The molecule has 0 bridgehead atoms. The molecule has 8 heteroatoms. The molecule has 0 radical (unpaired) electrons. The molecule has 1 fully saturated rings. The van der Waals surface area contributed by atoms with E-state index in [2.05, 4.69) is 4.74 Å². The Morgan fingerprint density at radius 1 is 1.42 bits per heavy atom. The Balaban J connectivity index is 2.76. The molecule has 110 valence electrons. The third kappa shape index (κ3) is 5.04. The molecule has 0 spiro atoms. The quantitative estimate of drug-likeness (QED) is 0.541. The fourth-order valence-corrected chi connectivity index (χ4v) is 4.11. The summed E-state index contributed by atoms with van der Waals surface area (Å²) in [5, 5.41) is 0. The summed E-state index contributed by atoms with van der Waals surface area (Å²) in [7, 11) is -2.31. The third-order valence-electron chi connectivity index (χ3n) is 3.19. The Morgan fingerprint density at radius 2 is 2.00 bits per heavy atom. The van der Waals surface area contributed by atoms with Crippen molar-refractivity contribution >= 4 is 33.2 Å². The predicted molar refractivity (Wildman–Crippen MR) is 76.2 cm³/mol. The number of esters is 1. The maximum atomic E-state index is 12.3. The molecule has 1 aliphatic carbocycles. The average Bonchev–Trinajstić information content (AvgIpc) is 2.86. The van der Waals surface area contributed by atoms with Crippen molar-refractivity contribution in [1.82, 2.24) is 4.31 Å². The summed E-state index contributed by atoms with van der Waals surface area (Å²) in [6.45, 7) is 0.0451. The van der Waals surface area contributed by atoms with E-state index < -0.39 is 16.0 Å². The van der Waals surface area contributed by atoms with Gasteiger partial charge < -0.3 is 10.5 Å². The average molecular weight is 308 g/mol. The maximum absolute atomic E-state index is 12.3. The van der Waals surface area contributed by atoms with Crippen molar-refractivity contribution < 1.29 is 17.9 Å². The lowest BCUT2D eigenvalue weighted by atomic mass is 10.2. The molecule has 0 atom stereocenters. The molecule has 0 aromatic rings. The molecule has 0 saturated heterocycles. The molecule has 2 N–H and O–H groups in total. The summed E-state index contributed by atoms with van der Waals surface area (Å²) >= 11 is 4.81. The molecule has 1 aliphatic rings. The molecule has 6 nitrogen and oxygen atoms in total. The summed E-state index contributed by atoms with van der Waals surface area (Å²) in [4.78, 5) is 11.2. The molecule has 0 aromatic carbocycles. The second-order valence-corrected chi connectivity index (χ2v) is 7.16. The molecule has 1 rings (SSSR count). The number of methoxy groups -OCH3 is 1. The van der Waals surface area contributed by atoms with Gasteiger partial charge in [-0.25, -0.2) is 8.42 Å². The monoisotopic (exact) mass is 308 g/mol. The molecule has 0 heterocycles. The van der Waals surface area contributed by atoms with Gasteiger partial charge in [0.1, 0.15) is 0 Å². The van der Waals surface area contributed by atoms with Crippen LogP contribution in [0, 0.1) is 0 Å². The van der Waals surface area contributed by atoms with Gasteiger partial charge in [-0.05, 0) is 12.8 Å². The third-order valence-corrected chi connectivity index (χ3v) is 5.18. The van der Waals surface area contributed by atoms with Crippen molar-refractivity contribution in [1.29, 1.82) is 0 Å². The minimum Gasteiger partial charge on any atom is -0.469 e. The fourth-order valence-electron chi connectivity index (χ4n) is 2.23. The highest BCUT2D eigenvalue weighted by Gasteiger charge is 2.32. The number of thiocarbonyl (C=S) groups is 1. The van der Waals surface area contributed by atoms with Gasteiger partial charge in [0, 0.05) is 6.04 Å². The Kier molecular flexibility index (Phi) is 6.15. The van der Waals surface area contributed by atoms with Crippen LogP contribution in [-0.4, -0.2) is 49.1 Å². The van der Waals surface area contributed by atoms with Crippen molar-refractivity contribution in [2.24, 2.45) is 5.73 Å². The normalized spacial score (nSPS) is 16.7. The van der Waals surface area contributed by atoms with E-state index in [1.807, 2.05) is 0 Å². The van der Waals surface area contributed by atoms with Gasteiger partial charge in [0.2, 0.25) is 10.0 Å². The van der Waals surface area contributed by atoms with Crippen molar-refractivity contribution in [2.45, 2.75) is 38.1 Å². The molecule has 1 saturated carbocycles.